The fraction of sp³-hybridized carbons (Fsp3) is 0.417. The minimum Gasteiger partial charge on any atom is -0.455 e. The van der Waals surface area contributed by atoms with E-state index in [2.05, 4.69) is 4.74 Å². The lowest BCUT2D eigenvalue weighted by Crippen LogP contribution is -2.35. The average Bonchev–Trinajstić information content (AvgIpc) is 2.32. The van der Waals surface area contributed by atoms with Gasteiger partial charge in [-0.15, -0.1) is 12.4 Å². The van der Waals surface area contributed by atoms with Crippen LogP contribution < -0.4 is 5.73 Å². The van der Waals surface area contributed by atoms with Gasteiger partial charge in [0.1, 0.15) is 6.04 Å². The highest BCUT2D eigenvalue weighted by atomic mass is 35.5. The quantitative estimate of drug-likeness (QED) is 0.843. The number of esters is 1. The number of carbonyl (C=O) groups is 1. The van der Waals surface area contributed by atoms with E-state index in [0.29, 0.717) is 11.4 Å². The van der Waals surface area contributed by atoms with Crippen molar-refractivity contribution in [2.24, 2.45) is 5.73 Å². The number of ether oxygens (including phenoxy) is 1. The molecule has 1 aromatic carbocycles. The minimum absolute atomic E-state index is 0. The Kier molecular flexibility index (Phi) is 7.93. The van der Waals surface area contributed by atoms with Crippen LogP contribution in [-0.2, 0) is 16.0 Å². The molecule has 3 nitrogen and oxygen atoms in total. The van der Waals surface area contributed by atoms with E-state index in [1.54, 1.807) is 24.3 Å². The summed E-state index contributed by atoms with van der Waals surface area (Å²) in [4.78, 5) is 11.2. The summed E-state index contributed by atoms with van der Waals surface area (Å²) in [6.07, 6.45) is -3.91. The van der Waals surface area contributed by atoms with E-state index < -0.39 is 24.8 Å². The maximum absolute atomic E-state index is 11.8. The maximum atomic E-state index is 11.8. The molecule has 1 atom stereocenters. The number of nitrogens with two attached hydrogens (primary N) is 1. The van der Waals surface area contributed by atoms with Crippen molar-refractivity contribution >= 4 is 30.0 Å². The zero-order valence-electron chi connectivity index (χ0n) is 10.3. The van der Waals surface area contributed by atoms with Gasteiger partial charge in [-0.25, -0.2) is 0 Å². The lowest BCUT2D eigenvalue weighted by atomic mass is 10.1. The Balaban J connectivity index is 0.00000361. The third-order valence-corrected chi connectivity index (χ3v) is 2.55. The third-order valence-electron chi connectivity index (χ3n) is 2.31. The van der Waals surface area contributed by atoms with Crippen LogP contribution in [0.3, 0.4) is 0 Å². The molecule has 0 fully saturated rings. The summed E-state index contributed by atoms with van der Waals surface area (Å²) in [6, 6.07) is 5.85. The third kappa shape index (κ3) is 7.57. The number of alkyl halides is 3. The van der Waals surface area contributed by atoms with Gasteiger partial charge in [0.15, 0.2) is 6.61 Å². The van der Waals surface area contributed by atoms with Crippen LogP contribution in [0.25, 0.3) is 0 Å². The van der Waals surface area contributed by atoms with Gasteiger partial charge in [0.05, 0.1) is 0 Å². The molecule has 0 spiro atoms. The van der Waals surface area contributed by atoms with Crippen molar-refractivity contribution < 1.29 is 22.7 Å². The summed E-state index contributed by atoms with van der Waals surface area (Å²) in [6.45, 7) is -1.61. The van der Waals surface area contributed by atoms with E-state index in [0.717, 1.165) is 5.56 Å². The van der Waals surface area contributed by atoms with Crippen molar-refractivity contribution in [1.82, 2.24) is 0 Å². The summed E-state index contributed by atoms with van der Waals surface area (Å²) < 4.78 is 39.6. The Morgan fingerprint density at radius 1 is 1.40 bits per heavy atom. The molecule has 8 heteroatoms. The fourth-order valence-electron chi connectivity index (χ4n) is 1.39. The SMILES string of the molecule is Cl.N[C@@H](CCc1cccc(Cl)c1)C(=O)OCC(F)(F)F. The Morgan fingerprint density at radius 3 is 2.60 bits per heavy atom. The van der Waals surface area contributed by atoms with E-state index in [9.17, 15) is 18.0 Å². The normalized spacial score (nSPS) is 12.4. The van der Waals surface area contributed by atoms with Crippen LogP contribution in [0.5, 0.6) is 0 Å². The molecular formula is C12H14Cl2F3NO2. The Bertz CT molecular complexity index is 441. The first-order valence-corrected chi connectivity index (χ1v) is 5.89. The van der Waals surface area contributed by atoms with Crippen molar-refractivity contribution in [3.63, 3.8) is 0 Å². The topological polar surface area (TPSA) is 52.3 Å². The molecule has 0 saturated heterocycles. The van der Waals surface area contributed by atoms with Crippen molar-refractivity contribution in [3.05, 3.63) is 34.9 Å². The highest BCUT2D eigenvalue weighted by molar-refractivity contribution is 6.30. The van der Waals surface area contributed by atoms with Crippen molar-refractivity contribution in [2.75, 3.05) is 6.61 Å². The largest absolute Gasteiger partial charge is 0.455 e. The van der Waals surface area contributed by atoms with Crippen LogP contribution in [-0.4, -0.2) is 24.8 Å². The molecule has 0 aliphatic carbocycles. The number of halogens is 5. The van der Waals surface area contributed by atoms with Crippen LogP contribution in [0, 0.1) is 0 Å². The molecule has 0 aromatic heterocycles. The molecule has 114 valence electrons. The van der Waals surface area contributed by atoms with Gasteiger partial charge < -0.3 is 10.5 Å². The highest BCUT2D eigenvalue weighted by Crippen LogP contribution is 2.16. The first kappa shape index (κ1) is 19.0. The number of hydrogen-bond donors (Lipinski definition) is 1. The summed E-state index contributed by atoms with van der Waals surface area (Å²) >= 11 is 5.77. The molecule has 0 amide bonds. The summed E-state index contributed by atoms with van der Waals surface area (Å²) in [7, 11) is 0. The predicted octanol–water partition coefficient (Wildman–Crippen LogP) is 3.13. The fourth-order valence-corrected chi connectivity index (χ4v) is 1.61. The molecule has 0 aliphatic rings. The first-order valence-electron chi connectivity index (χ1n) is 5.51. The van der Waals surface area contributed by atoms with Crippen LogP contribution >= 0.6 is 24.0 Å². The molecule has 1 rings (SSSR count). The number of benzene rings is 1. The molecule has 0 saturated carbocycles. The van der Waals surface area contributed by atoms with Gasteiger partial charge in [0.25, 0.3) is 0 Å². The van der Waals surface area contributed by atoms with E-state index in [1.165, 1.54) is 0 Å². The minimum atomic E-state index is -4.54. The van der Waals surface area contributed by atoms with Gasteiger partial charge in [-0.2, -0.15) is 13.2 Å². The Labute approximate surface area is 125 Å². The van der Waals surface area contributed by atoms with E-state index in [4.69, 9.17) is 17.3 Å². The molecule has 20 heavy (non-hydrogen) atoms. The number of rotatable bonds is 5. The van der Waals surface area contributed by atoms with Gasteiger partial charge in [-0.05, 0) is 30.5 Å². The van der Waals surface area contributed by atoms with Crippen molar-refractivity contribution in [2.45, 2.75) is 25.1 Å². The molecule has 0 radical (unpaired) electrons. The van der Waals surface area contributed by atoms with Gasteiger partial charge in [-0.3, -0.25) is 4.79 Å². The molecule has 0 aliphatic heterocycles. The zero-order chi connectivity index (χ0) is 14.5. The second kappa shape index (κ2) is 8.34. The van der Waals surface area contributed by atoms with Gasteiger partial charge in [-0.1, -0.05) is 23.7 Å². The molecule has 1 aromatic rings. The molecule has 2 N–H and O–H groups in total. The second-order valence-corrected chi connectivity index (χ2v) is 4.43. The average molecular weight is 332 g/mol. The summed E-state index contributed by atoms with van der Waals surface area (Å²) in [5, 5.41) is 0.547. The standard InChI is InChI=1S/C12H13ClF3NO2.ClH/c13-9-3-1-2-8(6-9)4-5-10(17)11(18)19-7-12(14,15)16;/h1-3,6,10H,4-5,7,17H2;1H/t10-;/m0./s1. The lowest BCUT2D eigenvalue weighted by molar-refractivity contribution is -0.187. The van der Waals surface area contributed by atoms with E-state index in [-0.39, 0.29) is 18.8 Å². The van der Waals surface area contributed by atoms with Crippen molar-refractivity contribution in [3.8, 4) is 0 Å². The lowest BCUT2D eigenvalue weighted by Gasteiger charge is -2.12. The molecule has 0 bridgehead atoms. The number of hydrogen-bond acceptors (Lipinski definition) is 3. The first-order chi connectivity index (χ1) is 8.78. The smallest absolute Gasteiger partial charge is 0.422 e. The molecular weight excluding hydrogens is 318 g/mol. The van der Waals surface area contributed by atoms with Crippen LogP contribution in [0.4, 0.5) is 13.2 Å². The van der Waals surface area contributed by atoms with E-state index in [1.807, 2.05) is 0 Å². The van der Waals surface area contributed by atoms with Gasteiger partial charge in [0, 0.05) is 5.02 Å². The van der Waals surface area contributed by atoms with Gasteiger partial charge >= 0.3 is 12.1 Å². The molecule has 0 unspecified atom stereocenters. The highest BCUT2D eigenvalue weighted by Gasteiger charge is 2.30. The second-order valence-electron chi connectivity index (χ2n) is 4.00. The Morgan fingerprint density at radius 2 is 2.05 bits per heavy atom. The van der Waals surface area contributed by atoms with Crippen LogP contribution in [0.2, 0.25) is 5.02 Å². The monoisotopic (exact) mass is 331 g/mol. The van der Waals surface area contributed by atoms with Crippen LogP contribution in [0.15, 0.2) is 24.3 Å². The molecule has 0 heterocycles. The summed E-state index contributed by atoms with van der Waals surface area (Å²) in [5.41, 5.74) is 6.31. The Hall–Kier alpha value is -0.980. The predicted molar refractivity (Wildman–Crippen MR) is 72.0 cm³/mol. The zero-order valence-corrected chi connectivity index (χ0v) is 11.9. The number of carbonyl (C=O) groups excluding carboxylic acids is 1. The summed E-state index contributed by atoms with van der Waals surface area (Å²) in [5.74, 6) is -1.06. The maximum Gasteiger partial charge on any atom is 0.422 e. The van der Waals surface area contributed by atoms with Gasteiger partial charge in [0.2, 0.25) is 0 Å². The van der Waals surface area contributed by atoms with Crippen molar-refractivity contribution in [1.29, 1.82) is 0 Å². The number of aryl methyl sites for hydroxylation is 1. The van der Waals surface area contributed by atoms with Crippen LogP contribution in [0.1, 0.15) is 12.0 Å². The van der Waals surface area contributed by atoms with E-state index >= 15 is 0 Å².